The second-order valence-electron chi connectivity index (χ2n) is 4.11. The molecule has 0 heterocycles. The Labute approximate surface area is 122 Å². The Morgan fingerprint density at radius 2 is 1.90 bits per heavy atom. The zero-order valence-corrected chi connectivity index (χ0v) is 11.4. The van der Waals surface area contributed by atoms with Crippen LogP contribution in [0.3, 0.4) is 0 Å². The number of rotatable bonds is 5. The number of hydrogen-bond acceptors (Lipinski definition) is 3. The van der Waals surface area contributed by atoms with E-state index in [1.807, 2.05) is 18.2 Å². The number of hydrogen-bond donors (Lipinski definition) is 2. The third-order valence-electron chi connectivity index (χ3n) is 2.58. The molecule has 0 aromatic heterocycles. The minimum atomic E-state index is -0.254. The molecule has 0 spiro atoms. The molecule has 0 aliphatic carbocycles. The monoisotopic (exact) mass is 291 g/mol. The van der Waals surface area contributed by atoms with Gasteiger partial charge in [0.2, 0.25) is 5.91 Å². The SMILES string of the molecule is O=C(CCl)Nc1ccc(Oc2cccc(CO)c2)cc1. The summed E-state index contributed by atoms with van der Waals surface area (Å²) >= 11 is 5.41. The lowest BCUT2D eigenvalue weighted by molar-refractivity contribution is -0.113. The van der Waals surface area contributed by atoms with E-state index in [0.717, 1.165) is 5.56 Å². The Kier molecular flexibility index (Phi) is 4.98. The van der Waals surface area contributed by atoms with Gasteiger partial charge in [0.25, 0.3) is 0 Å². The molecule has 0 saturated heterocycles. The first kappa shape index (κ1) is 14.4. The first-order valence-corrected chi connectivity index (χ1v) is 6.58. The molecule has 2 aromatic carbocycles. The third kappa shape index (κ3) is 3.98. The molecule has 0 bridgehead atoms. The van der Waals surface area contributed by atoms with E-state index in [0.29, 0.717) is 17.2 Å². The topological polar surface area (TPSA) is 58.6 Å². The minimum absolute atomic E-state index is 0.0272. The van der Waals surface area contributed by atoms with E-state index in [2.05, 4.69) is 5.32 Å². The van der Waals surface area contributed by atoms with Crippen LogP contribution < -0.4 is 10.1 Å². The predicted molar refractivity (Wildman–Crippen MR) is 78.2 cm³/mol. The van der Waals surface area contributed by atoms with Crippen molar-refractivity contribution in [3.8, 4) is 11.5 Å². The van der Waals surface area contributed by atoms with E-state index in [4.69, 9.17) is 21.4 Å². The standard InChI is InChI=1S/C15H14ClNO3/c16-9-15(19)17-12-4-6-13(7-5-12)20-14-3-1-2-11(8-14)10-18/h1-8,18H,9-10H2,(H,17,19). The molecular weight excluding hydrogens is 278 g/mol. The van der Waals surface area contributed by atoms with Crippen molar-refractivity contribution in [3.63, 3.8) is 0 Å². The Bertz CT molecular complexity index is 584. The fourth-order valence-electron chi connectivity index (χ4n) is 1.64. The van der Waals surface area contributed by atoms with Gasteiger partial charge in [0.1, 0.15) is 17.4 Å². The summed E-state index contributed by atoms with van der Waals surface area (Å²) in [7, 11) is 0. The molecule has 2 rings (SSSR count). The number of anilines is 1. The highest BCUT2D eigenvalue weighted by atomic mass is 35.5. The van der Waals surface area contributed by atoms with E-state index in [1.54, 1.807) is 30.3 Å². The van der Waals surface area contributed by atoms with Crippen molar-refractivity contribution in [2.75, 3.05) is 11.2 Å². The summed E-state index contributed by atoms with van der Waals surface area (Å²) in [6.45, 7) is -0.0272. The van der Waals surface area contributed by atoms with Crippen molar-refractivity contribution in [1.82, 2.24) is 0 Å². The summed E-state index contributed by atoms with van der Waals surface area (Å²) < 4.78 is 5.66. The number of ether oxygens (including phenoxy) is 1. The molecule has 0 fully saturated rings. The second kappa shape index (κ2) is 6.93. The maximum absolute atomic E-state index is 11.1. The van der Waals surface area contributed by atoms with Crippen LogP contribution in [-0.4, -0.2) is 16.9 Å². The van der Waals surface area contributed by atoms with Crippen LogP contribution in [0.15, 0.2) is 48.5 Å². The smallest absolute Gasteiger partial charge is 0.239 e. The normalized spacial score (nSPS) is 10.1. The van der Waals surface area contributed by atoms with Crippen LogP contribution in [0.2, 0.25) is 0 Å². The van der Waals surface area contributed by atoms with E-state index in [-0.39, 0.29) is 18.4 Å². The molecule has 0 radical (unpaired) electrons. The Morgan fingerprint density at radius 3 is 2.55 bits per heavy atom. The van der Waals surface area contributed by atoms with Gasteiger partial charge in [-0.05, 0) is 42.0 Å². The molecule has 1 amide bonds. The highest BCUT2D eigenvalue weighted by molar-refractivity contribution is 6.29. The van der Waals surface area contributed by atoms with Crippen LogP contribution in [0.1, 0.15) is 5.56 Å². The molecule has 0 atom stereocenters. The van der Waals surface area contributed by atoms with Gasteiger partial charge in [-0.2, -0.15) is 0 Å². The van der Waals surface area contributed by atoms with Gasteiger partial charge in [0, 0.05) is 5.69 Å². The molecule has 0 aliphatic heterocycles. The number of alkyl halides is 1. The van der Waals surface area contributed by atoms with Gasteiger partial charge in [-0.25, -0.2) is 0 Å². The largest absolute Gasteiger partial charge is 0.457 e. The zero-order chi connectivity index (χ0) is 14.4. The maximum Gasteiger partial charge on any atom is 0.239 e. The van der Waals surface area contributed by atoms with Crippen LogP contribution >= 0.6 is 11.6 Å². The first-order chi connectivity index (χ1) is 9.71. The van der Waals surface area contributed by atoms with Gasteiger partial charge in [0.05, 0.1) is 6.61 Å². The van der Waals surface area contributed by atoms with Crippen LogP contribution in [-0.2, 0) is 11.4 Å². The van der Waals surface area contributed by atoms with Crippen LogP contribution in [0.5, 0.6) is 11.5 Å². The van der Waals surface area contributed by atoms with E-state index in [9.17, 15) is 4.79 Å². The lowest BCUT2D eigenvalue weighted by atomic mass is 10.2. The third-order valence-corrected chi connectivity index (χ3v) is 2.82. The molecule has 2 aromatic rings. The Balaban J connectivity index is 2.04. The summed E-state index contributed by atoms with van der Waals surface area (Å²) in [6, 6.07) is 14.2. The highest BCUT2D eigenvalue weighted by Crippen LogP contribution is 2.23. The highest BCUT2D eigenvalue weighted by Gasteiger charge is 2.02. The first-order valence-electron chi connectivity index (χ1n) is 6.05. The predicted octanol–water partition coefficient (Wildman–Crippen LogP) is 3.15. The number of carbonyl (C=O) groups excluding carboxylic acids is 1. The lowest BCUT2D eigenvalue weighted by Gasteiger charge is -2.08. The number of benzene rings is 2. The number of carbonyl (C=O) groups is 1. The molecule has 5 heteroatoms. The van der Waals surface area contributed by atoms with Crippen LogP contribution in [0.25, 0.3) is 0 Å². The van der Waals surface area contributed by atoms with Crippen molar-refractivity contribution in [2.45, 2.75) is 6.61 Å². The van der Waals surface area contributed by atoms with Gasteiger partial charge in [0.15, 0.2) is 0 Å². The summed E-state index contributed by atoms with van der Waals surface area (Å²) in [5.41, 5.74) is 1.45. The maximum atomic E-state index is 11.1. The summed E-state index contributed by atoms with van der Waals surface area (Å²) in [5, 5.41) is 11.7. The molecule has 0 unspecified atom stereocenters. The lowest BCUT2D eigenvalue weighted by Crippen LogP contribution is -2.12. The molecule has 20 heavy (non-hydrogen) atoms. The van der Waals surface area contributed by atoms with Crippen molar-refractivity contribution < 1.29 is 14.6 Å². The van der Waals surface area contributed by atoms with Crippen LogP contribution in [0.4, 0.5) is 5.69 Å². The number of nitrogens with one attached hydrogen (secondary N) is 1. The number of aliphatic hydroxyl groups excluding tert-OH is 1. The van der Waals surface area contributed by atoms with Gasteiger partial charge in [-0.1, -0.05) is 12.1 Å². The van der Waals surface area contributed by atoms with Crippen molar-refractivity contribution in [3.05, 3.63) is 54.1 Å². The number of amides is 1. The van der Waals surface area contributed by atoms with E-state index >= 15 is 0 Å². The fraction of sp³-hybridized carbons (Fsp3) is 0.133. The molecule has 0 saturated carbocycles. The van der Waals surface area contributed by atoms with Crippen molar-refractivity contribution in [1.29, 1.82) is 0 Å². The van der Waals surface area contributed by atoms with Gasteiger partial charge in [-0.3, -0.25) is 4.79 Å². The van der Waals surface area contributed by atoms with Gasteiger partial charge < -0.3 is 15.2 Å². The number of halogens is 1. The molecule has 104 valence electrons. The van der Waals surface area contributed by atoms with Gasteiger partial charge >= 0.3 is 0 Å². The number of aliphatic hydroxyl groups is 1. The molecular formula is C15H14ClNO3. The molecule has 4 nitrogen and oxygen atoms in total. The quantitative estimate of drug-likeness (QED) is 0.832. The van der Waals surface area contributed by atoms with E-state index < -0.39 is 0 Å². The van der Waals surface area contributed by atoms with Crippen molar-refractivity contribution >= 4 is 23.2 Å². The molecule has 0 aliphatic rings. The second-order valence-corrected chi connectivity index (χ2v) is 4.38. The summed E-state index contributed by atoms with van der Waals surface area (Å²) in [6.07, 6.45) is 0. The minimum Gasteiger partial charge on any atom is -0.457 e. The van der Waals surface area contributed by atoms with E-state index in [1.165, 1.54) is 0 Å². The summed E-state index contributed by atoms with van der Waals surface area (Å²) in [5.74, 6) is 0.959. The van der Waals surface area contributed by atoms with Gasteiger partial charge in [-0.15, -0.1) is 11.6 Å². The summed E-state index contributed by atoms with van der Waals surface area (Å²) in [4.78, 5) is 11.1. The Morgan fingerprint density at radius 1 is 1.15 bits per heavy atom. The van der Waals surface area contributed by atoms with Crippen molar-refractivity contribution in [2.24, 2.45) is 0 Å². The average molecular weight is 292 g/mol. The molecule has 2 N–H and O–H groups in total. The fourth-order valence-corrected chi connectivity index (χ4v) is 1.71. The average Bonchev–Trinajstić information content (AvgIpc) is 2.49. The zero-order valence-electron chi connectivity index (χ0n) is 10.7. The Hall–Kier alpha value is -2.04. The van der Waals surface area contributed by atoms with Crippen LogP contribution in [0, 0.1) is 0 Å².